The van der Waals surface area contributed by atoms with Crippen molar-refractivity contribution in [3.05, 3.63) is 11.3 Å². The van der Waals surface area contributed by atoms with Crippen molar-refractivity contribution in [2.45, 2.75) is 51.0 Å². The van der Waals surface area contributed by atoms with E-state index in [9.17, 15) is 4.79 Å². The van der Waals surface area contributed by atoms with Crippen LogP contribution in [0.2, 0.25) is 0 Å². The summed E-state index contributed by atoms with van der Waals surface area (Å²) in [4.78, 5) is 11.8. The summed E-state index contributed by atoms with van der Waals surface area (Å²) in [5.74, 6) is 1.01. The molecule has 1 N–H and O–H groups in total. The van der Waals surface area contributed by atoms with E-state index < -0.39 is 0 Å². The molecule has 2 heteroatoms. The molecule has 0 spiro atoms. The summed E-state index contributed by atoms with van der Waals surface area (Å²) in [5, 5.41) is 3.58. The minimum Gasteiger partial charge on any atom is -0.385 e. The molecule has 0 radical (unpaired) electrons. The molecule has 2 nitrogen and oxygen atoms in total. The summed E-state index contributed by atoms with van der Waals surface area (Å²) in [5.41, 5.74) is 2.50. The second-order valence-electron chi connectivity index (χ2n) is 4.81. The van der Waals surface area contributed by atoms with E-state index in [0.29, 0.717) is 17.7 Å². The van der Waals surface area contributed by atoms with Crippen LogP contribution in [0.1, 0.15) is 44.9 Å². The number of hydrogen-bond acceptors (Lipinski definition) is 2. The van der Waals surface area contributed by atoms with Gasteiger partial charge < -0.3 is 5.32 Å². The molecular weight excluding hydrogens is 174 g/mol. The van der Waals surface area contributed by atoms with Gasteiger partial charge in [-0.3, -0.25) is 4.79 Å². The van der Waals surface area contributed by atoms with Gasteiger partial charge in [0.05, 0.1) is 0 Å². The van der Waals surface area contributed by atoms with E-state index in [0.717, 1.165) is 19.3 Å². The van der Waals surface area contributed by atoms with Crippen LogP contribution in [0.4, 0.5) is 0 Å². The topological polar surface area (TPSA) is 29.1 Å². The van der Waals surface area contributed by atoms with E-state index in [-0.39, 0.29) is 0 Å². The fourth-order valence-electron chi connectivity index (χ4n) is 3.32. The number of rotatable bonds is 0. The van der Waals surface area contributed by atoms with Crippen LogP contribution in [0, 0.1) is 5.92 Å². The highest BCUT2D eigenvalue weighted by Crippen LogP contribution is 2.40. The van der Waals surface area contributed by atoms with Gasteiger partial charge in [-0.1, -0.05) is 12.8 Å². The third-order valence-electron chi connectivity index (χ3n) is 3.95. The molecule has 1 saturated carbocycles. The predicted octanol–water partition coefficient (Wildman–Crippen LogP) is 2.16. The first-order chi connectivity index (χ1) is 6.86. The van der Waals surface area contributed by atoms with Gasteiger partial charge in [0.25, 0.3) is 0 Å². The van der Waals surface area contributed by atoms with Crippen molar-refractivity contribution in [1.29, 1.82) is 0 Å². The molecule has 0 bridgehead atoms. The van der Waals surface area contributed by atoms with Crippen molar-refractivity contribution < 1.29 is 4.79 Å². The monoisotopic (exact) mass is 191 g/mol. The molecular formula is C12H17NO. The van der Waals surface area contributed by atoms with Gasteiger partial charge in [-0.05, 0) is 25.7 Å². The van der Waals surface area contributed by atoms with Gasteiger partial charge in [0.1, 0.15) is 0 Å². The third kappa shape index (κ3) is 1.13. The first kappa shape index (κ1) is 8.51. The average molecular weight is 191 g/mol. The second-order valence-corrected chi connectivity index (χ2v) is 4.81. The van der Waals surface area contributed by atoms with E-state index in [1.54, 1.807) is 0 Å². The van der Waals surface area contributed by atoms with Gasteiger partial charge in [-0.15, -0.1) is 0 Å². The summed E-state index contributed by atoms with van der Waals surface area (Å²) in [7, 11) is 0. The Hall–Kier alpha value is -0.790. The Morgan fingerprint density at radius 1 is 1.07 bits per heavy atom. The number of ketones is 1. The summed E-state index contributed by atoms with van der Waals surface area (Å²) in [6.45, 7) is 0. The minimum atomic E-state index is 0.438. The first-order valence-corrected chi connectivity index (χ1v) is 5.89. The largest absolute Gasteiger partial charge is 0.385 e. The lowest BCUT2D eigenvalue weighted by molar-refractivity contribution is -0.116. The Bertz CT molecular complexity index is 305. The SMILES string of the molecule is O=C1CCCC2=C1C1CCCCC1N2. The van der Waals surface area contributed by atoms with Crippen molar-refractivity contribution >= 4 is 5.78 Å². The maximum atomic E-state index is 11.8. The van der Waals surface area contributed by atoms with Crippen LogP contribution in [-0.4, -0.2) is 11.8 Å². The van der Waals surface area contributed by atoms with Gasteiger partial charge in [-0.2, -0.15) is 0 Å². The van der Waals surface area contributed by atoms with Gasteiger partial charge in [0.2, 0.25) is 0 Å². The smallest absolute Gasteiger partial charge is 0.160 e. The third-order valence-corrected chi connectivity index (χ3v) is 3.95. The molecule has 76 valence electrons. The number of allylic oxidation sites excluding steroid dienone is 1. The highest BCUT2D eigenvalue weighted by atomic mass is 16.1. The lowest BCUT2D eigenvalue weighted by Gasteiger charge is -2.26. The van der Waals surface area contributed by atoms with Crippen molar-refractivity contribution in [2.24, 2.45) is 5.92 Å². The molecule has 2 aliphatic carbocycles. The number of fused-ring (bicyclic) bond motifs is 2. The molecule has 0 aromatic carbocycles. The Kier molecular flexibility index (Phi) is 1.89. The number of carbonyl (C=O) groups excluding carboxylic acids is 1. The second kappa shape index (κ2) is 3.11. The quantitative estimate of drug-likeness (QED) is 0.635. The highest BCUT2D eigenvalue weighted by molar-refractivity contribution is 5.98. The molecule has 3 rings (SSSR count). The molecule has 2 atom stereocenters. The van der Waals surface area contributed by atoms with E-state index >= 15 is 0 Å². The van der Waals surface area contributed by atoms with Crippen LogP contribution < -0.4 is 5.32 Å². The van der Waals surface area contributed by atoms with Gasteiger partial charge in [0.15, 0.2) is 5.78 Å². The van der Waals surface area contributed by atoms with Crippen LogP contribution in [0.3, 0.4) is 0 Å². The molecule has 1 fully saturated rings. The highest BCUT2D eigenvalue weighted by Gasteiger charge is 2.39. The number of nitrogens with one attached hydrogen (secondary N) is 1. The van der Waals surface area contributed by atoms with Gasteiger partial charge in [-0.25, -0.2) is 0 Å². The fourth-order valence-corrected chi connectivity index (χ4v) is 3.32. The van der Waals surface area contributed by atoms with E-state index in [4.69, 9.17) is 0 Å². The molecule has 14 heavy (non-hydrogen) atoms. The maximum absolute atomic E-state index is 11.8. The molecule has 0 saturated heterocycles. The van der Waals surface area contributed by atoms with Crippen LogP contribution in [0.15, 0.2) is 11.3 Å². The van der Waals surface area contributed by atoms with Crippen LogP contribution in [-0.2, 0) is 4.79 Å². The Labute approximate surface area is 84.8 Å². The molecule has 0 aromatic heterocycles. The lowest BCUT2D eigenvalue weighted by atomic mass is 9.78. The Morgan fingerprint density at radius 3 is 2.86 bits per heavy atom. The minimum absolute atomic E-state index is 0.438. The normalized spacial score (nSPS) is 36.4. The molecule has 1 aliphatic heterocycles. The summed E-state index contributed by atoms with van der Waals surface area (Å²) in [6.07, 6.45) is 8.13. The van der Waals surface area contributed by atoms with Crippen LogP contribution in [0.25, 0.3) is 0 Å². The van der Waals surface area contributed by atoms with E-state index in [1.807, 2.05) is 0 Å². The van der Waals surface area contributed by atoms with E-state index in [1.165, 1.54) is 37.0 Å². The van der Waals surface area contributed by atoms with Crippen molar-refractivity contribution in [3.63, 3.8) is 0 Å². The molecule has 2 unspecified atom stereocenters. The number of carbonyl (C=O) groups is 1. The maximum Gasteiger partial charge on any atom is 0.160 e. The first-order valence-electron chi connectivity index (χ1n) is 5.89. The fraction of sp³-hybridized carbons (Fsp3) is 0.750. The predicted molar refractivity (Wildman–Crippen MR) is 54.8 cm³/mol. The number of Topliss-reactive ketones (excluding diaryl/α,β-unsaturated/α-hetero) is 1. The number of hydrogen-bond donors (Lipinski definition) is 1. The van der Waals surface area contributed by atoms with Crippen LogP contribution in [0.5, 0.6) is 0 Å². The lowest BCUT2D eigenvalue weighted by Crippen LogP contribution is -2.31. The summed E-state index contributed by atoms with van der Waals surface area (Å²) in [6, 6.07) is 0.607. The van der Waals surface area contributed by atoms with Crippen molar-refractivity contribution in [3.8, 4) is 0 Å². The Balaban J connectivity index is 1.93. The van der Waals surface area contributed by atoms with Gasteiger partial charge in [0, 0.05) is 29.7 Å². The zero-order valence-electron chi connectivity index (χ0n) is 8.51. The van der Waals surface area contributed by atoms with Crippen molar-refractivity contribution in [1.82, 2.24) is 5.32 Å². The van der Waals surface area contributed by atoms with Crippen LogP contribution >= 0.6 is 0 Å². The van der Waals surface area contributed by atoms with E-state index in [2.05, 4.69) is 5.32 Å². The summed E-state index contributed by atoms with van der Waals surface area (Å²) >= 11 is 0. The zero-order valence-corrected chi connectivity index (χ0v) is 8.51. The molecule has 3 aliphatic rings. The molecule has 0 amide bonds. The average Bonchev–Trinajstić information content (AvgIpc) is 2.57. The van der Waals surface area contributed by atoms with Crippen molar-refractivity contribution in [2.75, 3.05) is 0 Å². The molecule has 0 aromatic rings. The summed E-state index contributed by atoms with van der Waals surface area (Å²) < 4.78 is 0. The molecule has 1 heterocycles. The van der Waals surface area contributed by atoms with Gasteiger partial charge >= 0.3 is 0 Å². The Morgan fingerprint density at radius 2 is 1.93 bits per heavy atom. The standard InChI is InChI=1S/C12H17NO/c14-11-7-3-6-10-12(11)8-4-1-2-5-9(8)13-10/h8-9,13H,1-7H2. The zero-order chi connectivity index (χ0) is 9.54.